The number of alkyl carbamates (subject to hydrolysis) is 1. The molecule has 454 valence electrons. The molecule has 0 atom stereocenters. The van der Waals surface area contributed by atoms with Crippen LogP contribution in [0.5, 0.6) is 0 Å². The topological polar surface area (TPSA) is 124 Å². The van der Waals surface area contributed by atoms with Crippen molar-refractivity contribution in [3.8, 4) is 0 Å². The molecule has 77 heavy (non-hydrogen) atoms. The average molecular weight is 1130 g/mol. The normalized spacial score (nSPS) is 13.0. The Morgan fingerprint density at radius 3 is 1.19 bits per heavy atom. The van der Waals surface area contributed by atoms with Gasteiger partial charge in [0.2, 0.25) is 0 Å². The number of hydrogen-bond acceptors (Lipinski definition) is 11. The molecule has 1 heterocycles. The number of carbonyl (C=O) groups excluding carboxylic acids is 4. The maximum absolute atomic E-state index is 13.4. The number of nitrogens with one attached hydrogen (secondary N) is 1. The zero-order valence-electron chi connectivity index (χ0n) is 50.8. The van der Waals surface area contributed by atoms with Gasteiger partial charge in [0.15, 0.2) is 0 Å². The molecule has 1 aliphatic rings. The molecular formula is C64H123N3O8S2. The van der Waals surface area contributed by atoms with Crippen LogP contribution in [0, 0.1) is 0 Å². The number of esters is 2. The lowest BCUT2D eigenvalue weighted by atomic mass is 10.0. The molecule has 1 aliphatic heterocycles. The molecule has 1 fully saturated rings. The van der Waals surface area contributed by atoms with E-state index >= 15 is 0 Å². The van der Waals surface area contributed by atoms with Gasteiger partial charge in [-0.05, 0) is 103 Å². The fraction of sp³-hybridized carbons (Fsp3) is 0.938. The van der Waals surface area contributed by atoms with E-state index in [9.17, 15) is 19.2 Å². The second kappa shape index (κ2) is 57.4. The summed E-state index contributed by atoms with van der Waals surface area (Å²) in [5.41, 5.74) is 0. The van der Waals surface area contributed by atoms with Crippen molar-refractivity contribution in [3.63, 3.8) is 0 Å². The van der Waals surface area contributed by atoms with Gasteiger partial charge in [-0.25, -0.2) is 9.59 Å². The molecule has 0 unspecified atom stereocenters. The lowest BCUT2D eigenvalue weighted by Gasteiger charge is -2.22. The van der Waals surface area contributed by atoms with Crippen molar-refractivity contribution < 1.29 is 38.1 Å². The Hall–Kier alpha value is -1.86. The Morgan fingerprint density at radius 1 is 0.442 bits per heavy atom. The number of rotatable bonds is 56. The molecule has 0 aliphatic carbocycles. The molecule has 11 nitrogen and oxygen atoms in total. The molecular weight excluding hydrogens is 1000 g/mol. The van der Waals surface area contributed by atoms with Crippen LogP contribution in [0.3, 0.4) is 0 Å². The summed E-state index contributed by atoms with van der Waals surface area (Å²) in [6, 6.07) is 0. The van der Waals surface area contributed by atoms with Crippen LogP contribution in [0.15, 0.2) is 0 Å². The smallest absolute Gasteiger partial charge is 0.409 e. The van der Waals surface area contributed by atoms with E-state index in [0.29, 0.717) is 57.2 Å². The second-order valence-electron chi connectivity index (χ2n) is 22.5. The van der Waals surface area contributed by atoms with Gasteiger partial charge in [0.05, 0.1) is 0 Å². The first-order chi connectivity index (χ1) is 37.8. The molecule has 0 spiro atoms. The highest BCUT2D eigenvalue weighted by atomic mass is 33.1. The van der Waals surface area contributed by atoms with Crippen LogP contribution in [-0.4, -0.2) is 110 Å². The third-order valence-corrected chi connectivity index (χ3v) is 17.6. The van der Waals surface area contributed by atoms with Crippen molar-refractivity contribution in [2.75, 3.05) is 64.0 Å². The van der Waals surface area contributed by atoms with E-state index < -0.39 is 0 Å². The highest BCUT2D eigenvalue weighted by Gasteiger charge is 2.18. The molecule has 1 N–H and O–H groups in total. The molecule has 0 radical (unpaired) electrons. The summed E-state index contributed by atoms with van der Waals surface area (Å²) in [6.45, 7) is 14.7. The predicted octanol–water partition coefficient (Wildman–Crippen LogP) is 18.9. The first-order valence-corrected chi connectivity index (χ1v) is 35.5. The van der Waals surface area contributed by atoms with Crippen molar-refractivity contribution in [1.29, 1.82) is 0 Å². The molecule has 0 aromatic heterocycles. The summed E-state index contributed by atoms with van der Waals surface area (Å²) in [5.74, 6) is 1.27. The lowest BCUT2D eigenvalue weighted by Crippen LogP contribution is -2.35. The van der Waals surface area contributed by atoms with Crippen LogP contribution in [0.25, 0.3) is 0 Å². The van der Waals surface area contributed by atoms with E-state index in [1.54, 1.807) is 21.6 Å². The van der Waals surface area contributed by atoms with Crippen LogP contribution >= 0.6 is 21.6 Å². The van der Waals surface area contributed by atoms with E-state index in [1.807, 2.05) is 4.90 Å². The van der Waals surface area contributed by atoms with Gasteiger partial charge >= 0.3 is 24.1 Å². The van der Waals surface area contributed by atoms with Gasteiger partial charge in [0.1, 0.15) is 25.4 Å². The van der Waals surface area contributed by atoms with Gasteiger partial charge in [0.25, 0.3) is 0 Å². The van der Waals surface area contributed by atoms with E-state index in [-0.39, 0.29) is 36.3 Å². The number of likely N-dealkylation sites (tertiary alicyclic amines) is 1. The van der Waals surface area contributed by atoms with E-state index in [2.05, 4.69) is 37.9 Å². The van der Waals surface area contributed by atoms with Gasteiger partial charge in [-0.2, -0.15) is 0 Å². The van der Waals surface area contributed by atoms with Crippen LogP contribution < -0.4 is 5.32 Å². The fourth-order valence-corrected chi connectivity index (χ4v) is 12.0. The predicted molar refractivity (Wildman–Crippen MR) is 329 cm³/mol. The van der Waals surface area contributed by atoms with Crippen LogP contribution in [0.1, 0.15) is 310 Å². The zero-order chi connectivity index (χ0) is 55.8. The van der Waals surface area contributed by atoms with E-state index in [4.69, 9.17) is 18.9 Å². The second-order valence-corrected chi connectivity index (χ2v) is 25.3. The van der Waals surface area contributed by atoms with Crippen molar-refractivity contribution in [3.05, 3.63) is 0 Å². The summed E-state index contributed by atoms with van der Waals surface area (Å²) >= 11 is 0. The van der Waals surface area contributed by atoms with E-state index in [0.717, 1.165) is 135 Å². The number of unbranched alkanes of at least 4 members (excludes halogenated alkanes) is 28. The molecule has 1 saturated heterocycles. The highest BCUT2D eigenvalue weighted by molar-refractivity contribution is 8.76. The Bertz CT molecular complexity index is 1230. The van der Waals surface area contributed by atoms with Crippen LogP contribution in [0.4, 0.5) is 9.59 Å². The molecule has 13 heteroatoms. The summed E-state index contributed by atoms with van der Waals surface area (Å²) in [5, 5.41) is 2.88. The van der Waals surface area contributed by atoms with Crippen LogP contribution in [-0.2, 0) is 28.5 Å². The SMILES string of the molecule is CCCCCCCCC(CCCCCCCC)OC(=O)CCCCCCCN(CCCCCCCC(=O)OC(CCCCCCCC)CCCCCCCC)C(=O)OCCSSCCOC(=O)NCCN1CCCCCC1. The van der Waals surface area contributed by atoms with Crippen molar-refractivity contribution in [2.45, 2.75) is 322 Å². The third-order valence-electron chi connectivity index (χ3n) is 15.3. The summed E-state index contributed by atoms with van der Waals surface area (Å²) < 4.78 is 23.4. The number of hydrogen-bond donors (Lipinski definition) is 1. The molecule has 0 saturated carbocycles. The minimum absolute atomic E-state index is 0.0338. The largest absolute Gasteiger partial charge is 0.462 e. The van der Waals surface area contributed by atoms with Crippen molar-refractivity contribution >= 4 is 45.7 Å². The van der Waals surface area contributed by atoms with Gasteiger partial charge in [-0.1, -0.05) is 229 Å². The maximum atomic E-state index is 13.4. The molecule has 1 rings (SSSR count). The molecule has 2 amide bonds. The van der Waals surface area contributed by atoms with Gasteiger partial charge in [-0.15, -0.1) is 0 Å². The molecule has 0 aromatic carbocycles. The maximum Gasteiger partial charge on any atom is 0.409 e. The third kappa shape index (κ3) is 49.7. The van der Waals surface area contributed by atoms with Crippen molar-refractivity contribution in [2.24, 2.45) is 0 Å². The fourth-order valence-electron chi connectivity index (χ4n) is 10.4. The zero-order valence-corrected chi connectivity index (χ0v) is 52.4. The van der Waals surface area contributed by atoms with Crippen molar-refractivity contribution in [1.82, 2.24) is 15.1 Å². The first-order valence-electron chi connectivity index (χ1n) is 33.0. The van der Waals surface area contributed by atoms with Gasteiger partial charge < -0.3 is 34.1 Å². The minimum atomic E-state index is -0.360. The minimum Gasteiger partial charge on any atom is -0.462 e. The standard InChI is InChI=1S/C64H123N3O8S2/c1-5-9-13-17-23-33-43-59(44-34-24-18-14-10-6-2)74-61(68)47-37-27-21-29-41-52-67(64(71)73-56-58-77-76-57-55-72-63(70)65-49-54-66-50-39-31-32-40-51-66)53-42-30-22-28-38-48-62(69)75-60(45-35-25-19-15-11-7-3)46-36-26-20-16-12-8-4/h59-60H,5-58H2,1-4H3,(H,65,70). The average Bonchev–Trinajstić information content (AvgIpc) is 3.70. The Labute approximate surface area is 483 Å². The molecule has 0 aromatic rings. The number of carbonyl (C=O) groups is 4. The number of ether oxygens (including phenoxy) is 4. The summed E-state index contributed by atoms with van der Waals surface area (Å²) in [6.07, 6.45) is 49.2. The number of nitrogens with zero attached hydrogens (tertiary/aromatic N) is 2. The Balaban J connectivity index is 2.54. The Kier molecular flexibility index (Phi) is 54.5. The van der Waals surface area contributed by atoms with E-state index in [1.165, 1.54) is 154 Å². The molecule has 0 bridgehead atoms. The quantitative estimate of drug-likeness (QED) is 0.0271. The Morgan fingerprint density at radius 2 is 0.792 bits per heavy atom. The summed E-state index contributed by atoms with van der Waals surface area (Å²) in [4.78, 5) is 55.9. The van der Waals surface area contributed by atoms with Gasteiger partial charge in [-0.3, -0.25) is 9.59 Å². The highest BCUT2D eigenvalue weighted by Crippen LogP contribution is 2.22. The van der Waals surface area contributed by atoms with Crippen LogP contribution in [0.2, 0.25) is 0 Å². The lowest BCUT2D eigenvalue weighted by molar-refractivity contribution is -0.151. The first kappa shape index (κ1) is 73.2. The van der Waals surface area contributed by atoms with Gasteiger partial charge in [0, 0.05) is 50.5 Å². The monoisotopic (exact) mass is 1130 g/mol. The number of amides is 2. The summed E-state index contributed by atoms with van der Waals surface area (Å²) in [7, 11) is 3.25.